The van der Waals surface area contributed by atoms with Crippen molar-refractivity contribution in [1.29, 1.82) is 0 Å². The van der Waals surface area contributed by atoms with E-state index in [2.05, 4.69) is 20.7 Å². The summed E-state index contributed by atoms with van der Waals surface area (Å²) in [6.45, 7) is 0. The molecule has 0 amide bonds. The first kappa shape index (κ1) is 13.5. The molecule has 1 aromatic heterocycles. The van der Waals surface area contributed by atoms with Gasteiger partial charge in [-0.1, -0.05) is 15.9 Å². The Morgan fingerprint density at radius 2 is 2.12 bits per heavy atom. The van der Waals surface area contributed by atoms with Gasteiger partial charge < -0.3 is 9.72 Å². The Morgan fingerprint density at radius 1 is 1.53 bits per heavy atom. The first-order valence-corrected chi connectivity index (χ1v) is 5.09. The van der Waals surface area contributed by atoms with Crippen molar-refractivity contribution in [2.45, 2.75) is 11.7 Å². The second-order valence-electron chi connectivity index (χ2n) is 2.76. The van der Waals surface area contributed by atoms with Crippen LogP contribution in [0, 0.1) is 10.1 Å². The maximum Gasteiger partial charge on any atom is 0.573 e. The molecule has 1 aromatic rings. The minimum atomic E-state index is -5.11. The molecule has 0 saturated carbocycles. The number of nitrogens with one attached hydrogen (secondary N) is 1. The predicted molar refractivity (Wildman–Crippen MR) is 53.0 cm³/mol. The Balaban J connectivity index is 3.41. The van der Waals surface area contributed by atoms with Crippen LogP contribution in [-0.4, -0.2) is 16.3 Å². The molecule has 6 nitrogen and oxygen atoms in total. The second-order valence-corrected chi connectivity index (χ2v) is 3.32. The molecule has 1 N–H and O–H groups in total. The molecule has 1 rings (SSSR count). The number of hydrogen-bond donors (Lipinski definition) is 1. The van der Waals surface area contributed by atoms with E-state index < -0.39 is 28.3 Å². The van der Waals surface area contributed by atoms with Crippen molar-refractivity contribution in [3.05, 3.63) is 32.2 Å². The summed E-state index contributed by atoms with van der Waals surface area (Å²) in [5, 5.41) is 10.4. The lowest BCUT2D eigenvalue weighted by Crippen LogP contribution is -2.21. The van der Waals surface area contributed by atoms with E-state index in [0.29, 0.717) is 6.07 Å². The Hall–Kier alpha value is -1.58. The van der Waals surface area contributed by atoms with Crippen LogP contribution in [0.3, 0.4) is 0 Å². The summed E-state index contributed by atoms with van der Waals surface area (Å²) in [5.74, 6) is -1.14. The summed E-state index contributed by atoms with van der Waals surface area (Å²) >= 11 is 2.81. The van der Waals surface area contributed by atoms with Crippen molar-refractivity contribution >= 4 is 21.6 Å². The van der Waals surface area contributed by atoms with Crippen molar-refractivity contribution in [3.8, 4) is 5.75 Å². The molecule has 0 radical (unpaired) electrons. The molecule has 17 heavy (non-hydrogen) atoms. The molecule has 1 heterocycles. The van der Waals surface area contributed by atoms with E-state index in [0.717, 1.165) is 0 Å². The third kappa shape index (κ3) is 3.44. The van der Waals surface area contributed by atoms with Crippen molar-refractivity contribution in [2.24, 2.45) is 0 Å². The predicted octanol–water partition coefficient (Wildman–Crippen LogP) is 2.08. The van der Waals surface area contributed by atoms with E-state index >= 15 is 0 Å². The highest BCUT2D eigenvalue weighted by Crippen LogP contribution is 2.33. The molecule has 0 aliphatic rings. The molecule has 94 valence electrons. The summed E-state index contributed by atoms with van der Waals surface area (Å²) in [7, 11) is 0. The zero-order valence-electron chi connectivity index (χ0n) is 7.88. The minimum Gasteiger partial charge on any atom is -0.398 e. The third-order valence-electron chi connectivity index (χ3n) is 1.60. The number of aromatic amines is 1. The number of ether oxygens (including phenoxy) is 1. The second kappa shape index (κ2) is 4.73. The first-order valence-electron chi connectivity index (χ1n) is 3.97. The van der Waals surface area contributed by atoms with E-state index in [4.69, 9.17) is 0 Å². The molecule has 10 heteroatoms. The Kier molecular flexibility index (Phi) is 3.76. The topological polar surface area (TPSA) is 85.2 Å². The normalized spacial score (nSPS) is 11.3. The molecule has 0 unspecified atom stereocenters. The average molecular weight is 317 g/mol. The van der Waals surface area contributed by atoms with Crippen LogP contribution in [0.5, 0.6) is 5.75 Å². The zero-order valence-corrected chi connectivity index (χ0v) is 9.46. The van der Waals surface area contributed by atoms with Gasteiger partial charge in [0.15, 0.2) is 0 Å². The highest BCUT2D eigenvalue weighted by atomic mass is 79.9. The lowest BCUT2D eigenvalue weighted by molar-refractivity contribution is -0.389. The summed E-state index contributed by atoms with van der Waals surface area (Å²) in [4.78, 5) is 22.6. The molecule has 0 atom stereocenters. The Labute approximate surface area is 99.7 Å². The van der Waals surface area contributed by atoms with Gasteiger partial charge >= 0.3 is 12.0 Å². The largest absolute Gasteiger partial charge is 0.573 e. The van der Waals surface area contributed by atoms with Crippen LogP contribution in [0.1, 0.15) is 5.69 Å². The van der Waals surface area contributed by atoms with Crippen LogP contribution >= 0.6 is 15.9 Å². The van der Waals surface area contributed by atoms with E-state index in [1.807, 2.05) is 4.98 Å². The van der Waals surface area contributed by atoms with Gasteiger partial charge in [-0.3, -0.25) is 14.9 Å². The monoisotopic (exact) mass is 316 g/mol. The molecular weight excluding hydrogens is 313 g/mol. The van der Waals surface area contributed by atoms with Crippen molar-refractivity contribution < 1.29 is 22.8 Å². The van der Waals surface area contributed by atoms with Crippen LogP contribution in [0.15, 0.2) is 10.9 Å². The summed E-state index contributed by atoms with van der Waals surface area (Å²) in [6.07, 6.45) is -5.11. The number of nitro groups is 1. The number of alkyl halides is 4. The van der Waals surface area contributed by atoms with Crippen molar-refractivity contribution in [3.63, 3.8) is 0 Å². The molecule has 0 fully saturated rings. The molecule has 0 aliphatic carbocycles. The fraction of sp³-hybridized carbons (Fsp3) is 0.286. The summed E-state index contributed by atoms with van der Waals surface area (Å²) in [5.41, 5.74) is -2.16. The molecule has 0 aliphatic heterocycles. The number of H-pyrrole nitrogens is 1. The van der Waals surface area contributed by atoms with Gasteiger partial charge in [0.2, 0.25) is 5.75 Å². The number of rotatable bonds is 3. The van der Waals surface area contributed by atoms with Crippen LogP contribution in [-0.2, 0) is 5.33 Å². The van der Waals surface area contributed by atoms with Gasteiger partial charge in [0, 0.05) is 0 Å². The highest BCUT2D eigenvalue weighted by Gasteiger charge is 2.35. The number of nitrogens with zero attached hydrogens (tertiary/aromatic N) is 1. The SMILES string of the molecule is O=c1cc(OC(F)(F)F)c([N+](=O)[O-])c(CBr)[nH]1. The van der Waals surface area contributed by atoms with Crippen molar-refractivity contribution in [2.75, 3.05) is 0 Å². The smallest absolute Gasteiger partial charge is 0.398 e. The Bertz CT molecular complexity index is 499. The molecule has 0 spiro atoms. The van der Waals surface area contributed by atoms with Crippen LogP contribution in [0.25, 0.3) is 0 Å². The Morgan fingerprint density at radius 3 is 2.53 bits per heavy atom. The van der Waals surface area contributed by atoms with E-state index in [1.165, 1.54) is 0 Å². The van der Waals surface area contributed by atoms with Gasteiger partial charge in [-0.25, -0.2) is 0 Å². The standard InChI is InChI=1S/C7H4BrF3N2O4/c8-2-3-6(13(15)16)4(1-5(14)12-3)17-7(9,10)11/h1H,2H2,(H,12,14). The van der Waals surface area contributed by atoms with Gasteiger partial charge in [0.25, 0.3) is 5.56 Å². The first-order chi connectivity index (χ1) is 7.74. The summed E-state index contributed by atoms with van der Waals surface area (Å²) < 4.78 is 39.4. The maximum absolute atomic E-state index is 12.0. The minimum absolute atomic E-state index is 0.187. The quantitative estimate of drug-likeness (QED) is 0.525. The number of hydrogen-bond acceptors (Lipinski definition) is 4. The van der Waals surface area contributed by atoms with Gasteiger partial charge in [-0.2, -0.15) is 0 Å². The van der Waals surface area contributed by atoms with Crippen LogP contribution in [0.4, 0.5) is 18.9 Å². The molecular formula is C7H4BrF3N2O4. The average Bonchev–Trinajstić information content (AvgIpc) is 2.12. The molecule has 0 bridgehead atoms. The lowest BCUT2D eigenvalue weighted by Gasteiger charge is -2.09. The van der Waals surface area contributed by atoms with Crippen LogP contribution in [0.2, 0.25) is 0 Å². The van der Waals surface area contributed by atoms with Gasteiger partial charge in [0.1, 0.15) is 5.69 Å². The fourth-order valence-corrected chi connectivity index (χ4v) is 1.49. The maximum atomic E-state index is 12.0. The molecule has 0 saturated heterocycles. The zero-order chi connectivity index (χ0) is 13.2. The van der Waals surface area contributed by atoms with E-state index in [9.17, 15) is 28.1 Å². The van der Waals surface area contributed by atoms with Gasteiger partial charge in [-0.15, -0.1) is 13.2 Å². The highest BCUT2D eigenvalue weighted by molar-refractivity contribution is 9.08. The summed E-state index contributed by atoms with van der Waals surface area (Å²) in [6, 6.07) is 0.373. The number of pyridine rings is 1. The van der Waals surface area contributed by atoms with E-state index in [1.54, 1.807) is 0 Å². The van der Waals surface area contributed by atoms with Crippen molar-refractivity contribution in [1.82, 2.24) is 4.98 Å². The lowest BCUT2D eigenvalue weighted by atomic mass is 10.3. The molecule has 0 aromatic carbocycles. The van der Waals surface area contributed by atoms with Gasteiger partial charge in [0.05, 0.1) is 16.3 Å². The fourth-order valence-electron chi connectivity index (χ4n) is 1.08. The third-order valence-corrected chi connectivity index (χ3v) is 2.16. The number of aromatic nitrogens is 1. The van der Waals surface area contributed by atoms with Crippen LogP contribution < -0.4 is 10.3 Å². The van der Waals surface area contributed by atoms with E-state index in [-0.39, 0.29) is 11.0 Å². The van der Waals surface area contributed by atoms with Gasteiger partial charge in [-0.05, 0) is 0 Å². The number of halogens is 4.